The topological polar surface area (TPSA) is 72.6 Å². The lowest BCUT2D eigenvalue weighted by molar-refractivity contribution is 0.1000. The molecule has 76 valence electrons. The largest absolute Gasteiger partial charge is 0.491 e. The van der Waals surface area contributed by atoms with Crippen molar-refractivity contribution in [3.63, 3.8) is 0 Å². The van der Waals surface area contributed by atoms with Crippen LogP contribution < -0.4 is 10.5 Å². The molecule has 0 aliphatic carbocycles. The highest BCUT2D eigenvalue weighted by molar-refractivity contribution is 6.33. The molecule has 0 spiro atoms. The van der Waals surface area contributed by atoms with Crippen molar-refractivity contribution >= 4 is 17.5 Å². The Kier molecular flexibility index (Phi) is 3.73. The van der Waals surface area contributed by atoms with E-state index in [1.165, 1.54) is 12.1 Å². The monoisotopic (exact) mass is 215 g/mol. The van der Waals surface area contributed by atoms with Crippen molar-refractivity contribution in [3.8, 4) is 5.75 Å². The third kappa shape index (κ3) is 2.61. The van der Waals surface area contributed by atoms with Gasteiger partial charge in [-0.05, 0) is 18.2 Å². The molecule has 0 atom stereocenters. The summed E-state index contributed by atoms with van der Waals surface area (Å²) >= 11 is 5.72. The van der Waals surface area contributed by atoms with E-state index in [1.807, 2.05) is 0 Å². The van der Waals surface area contributed by atoms with Gasteiger partial charge in [0, 0.05) is 0 Å². The van der Waals surface area contributed by atoms with Crippen LogP contribution in [0.1, 0.15) is 10.4 Å². The number of rotatable bonds is 4. The number of amides is 1. The molecule has 3 N–H and O–H groups in total. The van der Waals surface area contributed by atoms with Crippen LogP contribution >= 0.6 is 11.6 Å². The molecule has 14 heavy (non-hydrogen) atoms. The minimum atomic E-state index is -0.607. The van der Waals surface area contributed by atoms with Gasteiger partial charge in [-0.1, -0.05) is 11.6 Å². The first-order valence-electron chi connectivity index (χ1n) is 3.98. The van der Waals surface area contributed by atoms with Crippen molar-refractivity contribution in [2.75, 3.05) is 13.2 Å². The highest BCUT2D eigenvalue weighted by atomic mass is 35.5. The Labute approximate surface area is 86.2 Å². The zero-order valence-electron chi connectivity index (χ0n) is 7.37. The smallest absolute Gasteiger partial charge is 0.250 e. The van der Waals surface area contributed by atoms with Gasteiger partial charge in [-0.3, -0.25) is 4.79 Å². The fraction of sp³-hybridized carbons (Fsp3) is 0.222. The molecule has 1 aromatic carbocycles. The fourth-order valence-electron chi connectivity index (χ4n) is 0.946. The molecule has 0 fully saturated rings. The Morgan fingerprint density at radius 1 is 1.57 bits per heavy atom. The molecule has 0 radical (unpaired) electrons. The molecule has 0 bridgehead atoms. The van der Waals surface area contributed by atoms with Gasteiger partial charge in [0.2, 0.25) is 5.91 Å². The Balaban J connectivity index is 2.89. The summed E-state index contributed by atoms with van der Waals surface area (Å²) in [4.78, 5) is 10.9. The number of ether oxygens (including phenoxy) is 1. The summed E-state index contributed by atoms with van der Waals surface area (Å²) in [5.74, 6) is -0.151. The number of benzene rings is 1. The van der Waals surface area contributed by atoms with Gasteiger partial charge in [0.1, 0.15) is 12.4 Å². The number of halogens is 1. The van der Waals surface area contributed by atoms with E-state index in [0.29, 0.717) is 5.75 Å². The van der Waals surface area contributed by atoms with Crippen molar-refractivity contribution in [1.82, 2.24) is 0 Å². The standard InChI is InChI=1S/C9H10ClNO3/c10-8-2-1-6(14-4-3-12)5-7(8)9(11)13/h1-2,5,12H,3-4H2,(H2,11,13). The van der Waals surface area contributed by atoms with Gasteiger partial charge in [-0.15, -0.1) is 0 Å². The molecule has 1 aromatic rings. The first-order valence-corrected chi connectivity index (χ1v) is 4.36. The number of carbonyl (C=O) groups is 1. The predicted octanol–water partition coefficient (Wildman–Crippen LogP) is 0.810. The Bertz CT molecular complexity index is 341. The molecule has 0 saturated carbocycles. The van der Waals surface area contributed by atoms with E-state index in [0.717, 1.165) is 0 Å². The van der Waals surface area contributed by atoms with Crippen LogP contribution in [0.3, 0.4) is 0 Å². The summed E-state index contributed by atoms with van der Waals surface area (Å²) in [5, 5.41) is 8.80. The molecule has 1 rings (SSSR count). The van der Waals surface area contributed by atoms with E-state index >= 15 is 0 Å². The van der Waals surface area contributed by atoms with E-state index in [-0.39, 0.29) is 23.8 Å². The molecular weight excluding hydrogens is 206 g/mol. The van der Waals surface area contributed by atoms with Gasteiger partial charge < -0.3 is 15.6 Å². The minimum Gasteiger partial charge on any atom is -0.491 e. The SMILES string of the molecule is NC(=O)c1cc(OCCO)ccc1Cl. The molecule has 5 heteroatoms. The lowest BCUT2D eigenvalue weighted by Gasteiger charge is -2.06. The third-order valence-electron chi connectivity index (χ3n) is 1.56. The zero-order chi connectivity index (χ0) is 10.6. The molecule has 4 nitrogen and oxygen atoms in total. The molecule has 0 aliphatic heterocycles. The zero-order valence-corrected chi connectivity index (χ0v) is 8.12. The number of aliphatic hydroxyl groups is 1. The van der Waals surface area contributed by atoms with E-state index in [2.05, 4.69) is 0 Å². The van der Waals surface area contributed by atoms with Crippen LogP contribution in [0.15, 0.2) is 18.2 Å². The maximum absolute atomic E-state index is 10.9. The molecule has 1 amide bonds. The highest BCUT2D eigenvalue weighted by Crippen LogP contribution is 2.21. The minimum absolute atomic E-state index is 0.0888. The van der Waals surface area contributed by atoms with Crippen LogP contribution in [0.5, 0.6) is 5.75 Å². The van der Waals surface area contributed by atoms with Gasteiger partial charge in [-0.2, -0.15) is 0 Å². The second kappa shape index (κ2) is 4.83. The normalized spacial score (nSPS) is 9.86. The molecule has 0 aromatic heterocycles. The molecule has 0 aliphatic rings. The van der Waals surface area contributed by atoms with Crippen molar-refractivity contribution in [1.29, 1.82) is 0 Å². The first-order chi connectivity index (χ1) is 6.65. The summed E-state index contributed by atoms with van der Waals surface area (Å²) in [6.07, 6.45) is 0. The van der Waals surface area contributed by atoms with E-state index in [4.69, 9.17) is 27.2 Å². The van der Waals surface area contributed by atoms with Crippen molar-refractivity contribution in [2.45, 2.75) is 0 Å². The van der Waals surface area contributed by atoms with Crippen LogP contribution in [0, 0.1) is 0 Å². The van der Waals surface area contributed by atoms with Crippen molar-refractivity contribution in [2.24, 2.45) is 5.73 Å². The summed E-state index contributed by atoms with van der Waals surface area (Å²) in [5.41, 5.74) is 5.29. The first kappa shape index (κ1) is 10.8. The second-order valence-corrected chi connectivity index (χ2v) is 2.99. The fourth-order valence-corrected chi connectivity index (χ4v) is 1.16. The quantitative estimate of drug-likeness (QED) is 0.781. The van der Waals surface area contributed by atoms with E-state index < -0.39 is 5.91 Å². The maximum Gasteiger partial charge on any atom is 0.250 e. The van der Waals surface area contributed by atoms with Crippen LogP contribution in [-0.4, -0.2) is 24.2 Å². The Hall–Kier alpha value is -1.26. The molecular formula is C9H10ClNO3. The number of nitrogens with two attached hydrogens (primary N) is 1. The van der Waals surface area contributed by atoms with Crippen molar-refractivity contribution in [3.05, 3.63) is 28.8 Å². The van der Waals surface area contributed by atoms with Crippen LogP contribution in [0.2, 0.25) is 5.02 Å². The van der Waals surface area contributed by atoms with Gasteiger partial charge in [-0.25, -0.2) is 0 Å². The van der Waals surface area contributed by atoms with Gasteiger partial charge in [0.05, 0.1) is 17.2 Å². The predicted molar refractivity (Wildman–Crippen MR) is 52.6 cm³/mol. The summed E-state index contributed by atoms with van der Waals surface area (Å²) in [6.45, 7) is 0.0777. The van der Waals surface area contributed by atoms with Gasteiger partial charge >= 0.3 is 0 Å². The van der Waals surface area contributed by atoms with Crippen LogP contribution in [0.4, 0.5) is 0 Å². The molecule has 0 unspecified atom stereocenters. The average Bonchev–Trinajstić information content (AvgIpc) is 2.16. The summed E-state index contributed by atoms with van der Waals surface area (Å²) in [6, 6.07) is 4.57. The van der Waals surface area contributed by atoms with E-state index in [9.17, 15) is 4.79 Å². The maximum atomic E-state index is 10.9. The average molecular weight is 216 g/mol. The van der Waals surface area contributed by atoms with Gasteiger partial charge in [0.25, 0.3) is 0 Å². The lowest BCUT2D eigenvalue weighted by atomic mass is 10.2. The highest BCUT2D eigenvalue weighted by Gasteiger charge is 2.07. The third-order valence-corrected chi connectivity index (χ3v) is 1.89. The van der Waals surface area contributed by atoms with Crippen molar-refractivity contribution < 1.29 is 14.6 Å². The second-order valence-electron chi connectivity index (χ2n) is 2.58. The summed E-state index contributed by atoms with van der Waals surface area (Å²) < 4.78 is 5.08. The number of hydrogen-bond acceptors (Lipinski definition) is 3. The lowest BCUT2D eigenvalue weighted by Crippen LogP contribution is -2.12. The Morgan fingerprint density at radius 2 is 2.29 bits per heavy atom. The summed E-state index contributed by atoms with van der Waals surface area (Å²) in [7, 11) is 0. The van der Waals surface area contributed by atoms with Gasteiger partial charge in [0.15, 0.2) is 0 Å². The molecule has 0 heterocycles. The van der Waals surface area contributed by atoms with Crippen LogP contribution in [0.25, 0.3) is 0 Å². The molecule has 0 saturated heterocycles. The number of carbonyl (C=O) groups excluding carboxylic acids is 1. The van der Waals surface area contributed by atoms with E-state index in [1.54, 1.807) is 6.07 Å². The van der Waals surface area contributed by atoms with Crippen LogP contribution in [-0.2, 0) is 0 Å². The number of hydrogen-bond donors (Lipinski definition) is 2. The number of primary amides is 1. The Morgan fingerprint density at radius 3 is 2.86 bits per heavy atom. The number of aliphatic hydroxyl groups excluding tert-OH is 1.